The average molecular weight is 482 g/mol. The van der Waals surface area contributed by atoms with Gasteiger partial charge in [-0.2, -0.15) is 0 Å². The van der Waals surface area contributed by atoms with Gasteiger partial charge in [0.2, 0.25) is 0 Å². The van der Waals surface area contributed by atoms with Gasteiger partial charge in [-0.25, -0.2) is 4.79 Å². The number of ether oxygens (including phenoxy) is 4. The number of benzene rings is 2. The minimum atomic E-state index is -0.383. The van der Waals surface area contributed by atoms with Crippen LogP contribution in [-0.4, -0.2) is 32.3 Å². The number of methoxy groups -OCH3 is 2. The van der Waals surface area contributed by atoms with E-state index >= 15 is 0 Å². The maximum atomic E-state index is 12.6. The van der Waals surface area contributed by atoms with Gasteiger partial charge in [-0.1, -0.05) is 6.07 Å². The predicted molar refractivity (Wildman–Crippen MR) is 132 cm³/mol. The van der Waals surface area contributed by atoms with E-state index in [0.717, 1.165) is 29.5 Å². The molecule has 35 heavy (non-hydrogen) atoms. The normalized spacial score (nSPS) is 14.1. The Labute approximate surface area is 204 Å². The van der Waals surface area contributed by atoms with Crippen LogP contribution < -0.4 is 29.9 Å². The molecule has 3 aromatic rings. The van der Waals surface area contributed by atoms with Gasteiger partial charge < -0.3 is 28.7 Å². The summed E-state index contributed by atoms with van der Waals surface area (Å²) < 4.78 is 28.4. The quantitative estimate of drug-likeness (QED) is 0.505. The van der Waals surface area contributed by atoms with Crippen molar-refractivity contribution in [2.75, 3.05) is 20.8 Å². The second-order valence-electron chi connectivity index (χ2n) is 9.31. The maximum absolute atomic E-state index is 12.6. The minimum Gasteiger partial charge on any atom is -0.493 e. The van der Waals surface area contributed by atoms with Crippen molar-refractivity contribution in [3.63, 3.8) is 0 Å². The lowest BCUT2D eigenvalue weighted by Crippen LogP contribution is -2.33. The van der Waals surface area contributed by atoms with Crippen molar-refractivity contribution >= 4 is 16.9 Å². The highest BCUT2D eigenvalue weighted by molar-refractivity contribution is 5.92. The highest BCUT2D eigenvalue weighted by Crippen LogP contribution is 2.43. The van der Waals surface area contributed by atoms with Crippen molar-refractivity contribution < 1.29 is 28.2 Å². The summed E-state index contributed by atoms with van der Waals surface area (Å²) in [5, 5.41) is 3.54. The van der Waals surface area contributed by atoms with Crippen molar-refractivity contribution in [3.05, 3.63) is 56.9 Å². The van der Waals surface area contributed by atoms with Gasteiger partial charge in [-0.15, -0.1) is 0 Å². The molecule has 8 nitrogen and oxygen atoms in total. The van der Waals surface area contributed by atoms with Crippen LogP contribution in [0.3, 0.4) is 0 Å². The molecule has 4 rings (SSSR count). The SMILES string of the molecule is COc1ccc(CNC(=O)COc2cc3c(c4oc(=O)c(C)c(C)c24)CCC(C)(C)O3)cc1OC. The zero-order chi connectivity index (χ0) is 25.3. The third-order valence-corrected chi connectivity index (χ3v) is 6.41. The molecule has 0 saturated carbocycles. The van der Waals surface area contributed by atoms with E-state index in [4.69, 9.17) is 23.4 Å². The minimum absolute atomic E-state index is 0.206. The largest absolute Gasteiger partial charge is 0.493 e. The third-order valence-electron chi connectivity index (χ3n) is 6.41. The Kier molecular flexibility index (Phi) is 6.65. The molecule has 0 radical (unpaired) electrons. The van der Waals surface area contributed by atoms with Crippen LogP contribution in [0, 0.1) is 13.8 Å². The van der Waals surface area contributed by atoms with Crippen LogP contribution in [0.2, 0.25) is 0 Å². The number of fused-ring (bicyclic) bond motifs is 3. The van der Waals surface area contributed by atoms with Crippen molar-refractivity contribution in [3.8, 4) is 23.0 Å². The van der Waals surface area contributed by atoms with Gasteiger partial charge in [-0.05, 0) is 63.8 Å². The molecule has 0 spiro atoms. The topological polar surface area (TPSA) is 96.2 Å². The smallest absolute Gasteiger partial charge is 0.339 e. The van der Waals surface area contributed by atoms with Gasteiger partial charge in [0.15, 0.2) is 18.1 Å². The molecule has 1 N–H and O–H groups in total. The summed E-state index contributed by atoms with van der Waals surface area (Å²) in [7, 11) is 3.13. The number of carbonyl (C=O) groups is 1. The summed E-state index contributed by atoms with van der Waals surface area (Å²) in [4.78, 5) is 25.0. The summed E-state index contributed by atoms with van der Waals surface area (Å²) in [6.45, 7) is 7.70. The summed E-state index contributed by atoms with van der Waals surface area (Å²) in [6, 6.07) is 7.25. The van der Waals surface area contributed by atoms with Crippen LogP contribution in [0.5, 0.6) is 23.0 Å². The van der Waals surface area contributed by atoms with Crippen molar-refractivity contribution in [1.82, 2.24) is 5.32 Å². The lowest BCUT2D eigenvalue weighted by Gasteiger charge is -2.33. The first-order valence-electron chi connectivity index (χ1n) is 11.5. The van der Waals surface area contributed by atoms with Crippen LogP contribution in [0.15, 0.2) is 33.5 Å². The second kappa shape index (κ2) is 9.52. The number of aryl methyl sites for hydroxylation is 2. The number of amides is 1. The summed E-state index contributed by atoms with van der Waals surface area (Å²) in [5.74, 6) is 1.97. The maximum Gasteiger partial charge on any atom is 0.339 e. The standard InChI is InChI=1S/C27H31NO7/c1-15-16(2)26(30)34-25-18-9-10-27(3,4)35-20(18)12-22(24(15)25)33-14-23(29)28-13-17-7-8-19(31-5)21(11-17)32-6/h7-8,11-12H,9-10,13-14H2,1-6H3,(H,28,29). The number of rotatable bonds is 7. The molecule has 2 heterocycles. The van der Waals surface area contributed by atoms with E-state index in [9.17, 15) is 9.59 Å². The van der Waals surface area contributed by atoms with E-state index < -0.39 is 0 Å². The van der Waals surface area contributed by atoms with E-state index in [1.165, 1.54) is 0 Å². The molecular formula is C27H31NO7. The van der Waals surface area contributed by atoms with Gasteiger partial charge in [0.05, 0.1) is 19.6 Å². The Balaban J connectivity index is 1.56. The molecule has 0 saturated heterocycles. The molecule has 1 aliphatic heterocycles. The first kappa shape index (κ1) is 24.4. The van der Waals surface area contributed by atoms with Gasteiger partial charge in [0, 0.05) is 23.7 Å². The molecule has 186 valence electrons. The number of hydrogen-bond donors (Lipinski definition) is 1. The Morgan fingerprint density at radius 2 is 1.80 bits per heavy atom. The molecule has 2 aromatic carbocycles. The van der Waals surface area contributed by atoms with Crippen LogP contribution in [0.4, 0.5) is 0 Å². The van der Waals surface area contributed by atoms with E-state index in [-0.39, 0.29) is 23.7 Å². The van der Waals surface area contributed by atoms with E-state index in [0.29, 0.717) is 46.1 Å². The molecule has 1 amide bonds. The van der Waals surface area contributed by atoms with Gasteiger partial charge in [-0.3, -0.25) is 4.79 Å². The van der Waals surface area contributed by atoms with Crippen molar-refractivity contribution in [2.24, 2.45) is 0 Å². The molecular weight excluding hydrogens is 450 g/mol. The van der Waals surface area contributed by atoms with Crippen LogP contribution in [0.25, 0.3) is 11.0 Å². The van der Waals surface area contributed by atoms with Crippen LogP contribution in [0.1, 0.15) is 42.5 Å². The van der Waals surface area contributed by atoms with Crippen LogP contribution in [-0.2, 0) is 17.8 Å². The zero-order valence-corrected chi connectivity index (χ0v) is 21.0. The Bertz CT molecular complexity index is 1340. The summed E-state index contributed by atoms with van der Waals surface area (Å²) in [6.07, 6.45) is 1.51. The lowest BCUT2D eigenvalue weighted by atomic mass is 9.92. The predicted octanol–water partition coefficient (Wildman–Crippen LogP) is 4.23. The highest BCUT2D eigenvalue weighted by Gasteiger charge is 2.31. The number of carbonyl (C=O) groups excluding carboxylic acids is 1. The number of nitrogens with one attached hydrogen (secondary N) is 1. The fraction of sp³-hybridized carbons (Fsp3) is 0.407. The van der Waals surface area contributed by atoms with Gasteiger partial charge in [0.1, 0.15) is 22.7 Å². The van der Waals surface area contributed by atoms with Gasteiger partial charge in [0.25, 0.3) is 5.91 Å². The third kappa shape index (κ3) is 4.92. The van der Waals surface area contributed by atoms with E-state index in [2.05, 4.69) is 5.32 Å². The molecule has 0 atom stereocenters. The van der Waals surface area contributed by atoms with Crippen molar-refractivity contribution in [2.45, 2.75) is 52.7 Å². The fourth-order valence-corrected chi connectivity index (χ4v) is 4.23. The fourth-order valence-electron chi connectivity index (χ4n) is 4.23. The second-order valence-corrected chi connectivity index (χ2v) is 9.31. The van der Waals surface area contributed by atoms with Crippen LogP contribution >= 0.6 is 0 Å². The first-order chi connectivity index (χ1) is 16.6. The zero-order valence-electron chi connectivity index (χ0n) is 21.0. The van der Waals surface area contributed by atoms with E-state index in [1.807, 2.05) is 32.9 Å². The first-order valence-corrected chi connectivity index (χ1v) is 11.5. The molecule has 1 aliphatic rings. The average Bonchev–Trinajstić information content (AvgIpc) is 2.83. The van der Waals surface area contributed by atoms with Gasteiger partial charge >= 0.3 is 5.63 Å². The molecule has 0 unspecified atom stereocenters. The Hall–Kier alpha value is -3.68. The lowest BCUT2D eigenvalue weighted by molar-refractivity contribution is -0.123. The molecule has 0 fully saturated rings. The van der Waals surface area contributed by atoms with E-state index in [1.54, 1.807) is 33.3 Å². The monoisotopic (exact) mass is 481 g/mol. The summed E-state index contributed by atoms with van der Waals surface area (Å²) in [5.41, 5.74) is 2.72. The Morgan fingerprint density at radius 3 is 2.51 bits per heavy atom. The molecule has 0 aliphatic carbocycles. The molecule has 8 heteroatoms. The highest BCUT2D eigenvalue weighted by atomic mass is 16.5. The molecule has 0 bridgehead atoms. The molecule has 1 aromatic heterocycles. The van der Waals surface area contributed by atoms with Crippen molar-refractivity contribution in [1.29, 1.82) is 0 Å². The number of hydrogen-bond acceptors (Lipinski definition) is 7. The Morgan fingerprint density at radius 1 is 1.06 bits per heavy atom. The summed E-state index contributed by atoms with van der Waals surface area (Å²) >= 11 is 0.